The molecular formula is C16H19N3O3S. The van der Waals surface area contributed by atoms with E-state index >= 15 is 0 Å². The first-order valence-electron chi connectivity index (χ1n) is 7.62. The number of amides is 1. The van der Waals surface area contributed by atoms with E-state index < -0.39 is 21.2 Å². The number of sulfonamides is 1. The van der Waals surface area contributed by atoms with E-state index in [-0.39, 0.29) is 5.56 Å². The number of carbonyl (C=O) groups excluding carboxylic acids is 1. The van der Waals surface area contributed by atoms with Gasteiger partial charge in [-0.05, 0) is 12.8 Å². The van der Waals surface area contributed by atoms with Crippen molar-refractivity contribution in [3.05, 3.63) is 42.1 Å². The summed E-state index contributed by atoms with van der Waals surface area (Å²) in [6.07, 6.45) is 4.41. The second-order valence-electron chi connectivity index (χ2n) is 5.78. The minimum atomic E-state index is -3.63. The average molecular weight is 333 g/mol. The van der Waals surface area contributed by atoms with Crippen LogP contribution in [0.25, 0.3) is 11.3 Å². The minimum absolute atomic E-state index is 0.264. The summed E-state index contributed by atoms with van der Waals surface area (Å²) in [6, 6.07) is 9.32. The van der Waals surface area contributed by atoms with E-state index in [0.29, 0.717) is 18.5 Å². The number of benzene rings is 1. The fourth-order valence-electron chi connectivity index (χ4n) is 3.01. The highest BCUT2D eigenvalue weighted by Gasteiger charge is 2.31. The van der Waals surface area contributed by atoms with Crippen LogP contribution in [0, 0.1) is 0 Å². The van der Waals surface area contributed by atoms with Gasteiger partial charge >= 0.3 is 0 Å². The molecule has 3 rings (SSSR count). The van der Waals surface area contributed by atoms with Crippen LogP contribution < -0.4 is 4.72 Å². The van der Waals surface area contributed by atoms with Crippen LogP contribution in [-0.4, -0.2) is 29.4 Å². The molecule has 1 aliphatic carbocycles. The Balaban J connectivity index is 1.89. The van der Waals surface area contributed by atoms with Crippen molar-refractivity contribution in [3.63, 3.8) is 0 Å². The molecule has 1 amide bonds. The van der Waals surface area contributed by atoms with Crippen LogP contribution in [0.1, 0.15) is 36.0 Å². The zero-order valence-electron chi connectivity index (χ0n) is 12.9. The molecule has 122 valence electrons. The van der Waals surface area contributed by atoms with E-state index in [1.165, 1.54) is 6.20 Å². The highest BCUT2D eigenvalue weighted by atomic mass is 32.2. The quantitative estimate of drug-likeness (QED) is 0.929. The lowest BCUT2D eigenvalue weighted by atomic mass is 10.1. The van der Waals surface area contributed by atoms with Crippen molar-refractivity contribution >= 4 is 15.9 Å². The van der Waals surface area contributed by atoms with E-state index in [2.05, 4.69) is 9.82 Å². The van der Waals surface area contributed by atoms with Gasteiger partial charge in [0.25, 0.3) is 5.91 Å². The lowest BCUT2D eigenvalue weighted by Crippen LogP contribution is -2.37. The van der Waals surface area contributed by atoms with E-state index in [9.17, 15) is 13.2 Å². The summed E-state index contributed by atoms with van der Waals surface area (Å²) in [5, 5.41) is 3.63. The van der Waals surface area contributed by atoms with Gasteiger partial charge in [-0.3, -0.25) is 9.48 Å². The van der Waals surface area contributed by atoms with Gasteiger partial charge in [0.15, 0.2) is 0 Å². The molecular weight excluding hydrogens is 314 g/mol. The number of nitrogens with zero attached hydrogens (tertiary/aromatic N) is 2. The summed E-state index contributed by atoms with van der Waals surface area (Å²) in [6.45, 7) is 0. The van der Waals surface area contributed by atoms with E-state index in [0.717, 1.165) is 18.4 Å². The molecule has 6 nitrogen and oxygen atoms in total. The van der Waals surface area contributed by atoms with Crippen LogP contribution in [0.3, 0.4) is 0 Å². The van der Waals surface area contributed by atoms with Gasteiger partial charge in [-0.15, -0.1) is 0 Å². The minimum Gasteiger partial charge on any atom is -0.268 e. The number of carbonyl (C=O) groups is 1. The van der Waals surface area contributed by atoms with Crippen LogP contribution in [0.15, 0.2) is 36.5 Å². The normalized spacial score (nSPS) is 15.7. The highest BCUT2D eigenvalue weighted by molar-refractivity contribution is 7.90. The van der Waals surface area contributed by atoms with Crippen LogP contribution >= 0.6 is 0 Å². The fourth-order valence-corrected chi connectivity index (χ4v) is 4.50. The van der Waals surface area contributed by atoms with E-state index in [1.54, 1.807) is 11.7 Å². The van der Waals surface area contributed by atoms with E-state index in [4.69, 9.17) is 0 Å². The number of nitrogens with one attached hydrogen (secondary N) is 1. The molecule has 0 aliphatic heterocycles. The first-order valence-corrected chi connectivity index (χ1v) is 9.17. The zero-order valence-corrected chi connectivity index (χ0v) is 13.7. The molecule has 1 aromatic carbocycles. The summed E-state index contributed by atoms with van der Waals surface area (Å²) in [4.78, 5) is 12.5. The van der Waals surface area contributed by atoms with Crippen molar-refractivity contribution in [2.75, 3.05) is 0 Å². The predicted octanol–water partition coefficient (Wildman–Crippen LogP) is 2.09. The van der Waals surface area contributed by atoms with Gasteiger partial charge in [0.2, 0.25) is 10.0 Å². The molecule has 2 aromatic rings. The Morgan fingerprint density at radius 1 is 1.22 bits per heavy atom. The van der Waals surface area contributed by atoms with Gasteiger partial charge < -0.3 is 0 Å². The van der Waals surface area contributed by atoms with Gasteiger partial charge in [0, 0.05) is 12.6 Å². The molecule has 1 fully saturated rings. The highest BCUT2D eigenvalue weighted by Crippen LogP contribution is 2.26. The van der Waals surface area contributed by atoms with E-state index in [1.807, 2.05) is 30.3 Å². The fraction of sp³-hybridized carbons (Fsp3) is 0.375. The van der Waals surface area contributed by atoms with Crippen molar-refractivity contribution in [1.82, 2.24) is 14.5 Å². The molecule has 0 bridgehead atoms. The number of hydrogen-bond acceptors (Lipinski definition) is 4. The predicted molar refractivity (Wildman–Crippen MR) is 87.3 cm³/mol. The van der Waals surface area contributed by atoms with Gasteiger partial charge in [-0.1, -0.05) is 43.2 Å². The van der Waals surface area contributed by atoms with Crippen molar-refractivity contribution in [2.24, 2.45) is 7.05 Å². The Labute approximate surface area is 135 Å². The summed E-state index contributed by atoms with van der Waals surface area (Å²) < 4.78 is 28.4. The Morgan fingerprint density at radius 3 is 2.52 bits per heavy atom. The Kier molecular flexibility index (Phi) is 4.21. The molecule has 7 heteroatoms. The maximum Gasteiger partial charge on any atom is 0.268 e. The first-order chi connectivity index (χ1) is 11.0. The standard InChI is InChI=1S/C16H19N3O3S/c1-19-15(12-7-3-2-4-8-12)14(11-17-19)16(20)18-23(21,22)13-9-5-6-10-13/h2-4,7-8,11,13H,5-6,9-10H2,1H3,(H,18,20). The molecule has 1 heterocycles. The summed E-state index contributed by atoms with van der Waals surface area (Å²) in [7, 11) is -1.91. The lowest BCUT2D eigenvalue weighted by molar-refractivity contribution is 0.0981. The smallest absolute Gasteiger partial charge is 0.268 e. The third-order valence-electron chi connectivity index (χ3n) is 4.21. The molecule has 0 saturated heterocycles. The average Bonchev–Trinajstić information content (AvgIpc) is 3.17. The van der Waals surface area contributed by atoms with Crippen molar-refractivity contribution in [1.29, 1.82) is 0 Å². The third kappa shape index (κ3) is 3.14. The molecule has 1 saturated carbocycles. The topological polar surface area (TPSA) is 81.1 Å². The molecule has 1 N–H and O–H groups in total. The molecule has 0 atom stereocenters. The van der Waals surface area contributed by atoms with Crippen LogP contribution in [-0.2, 0) is 17.1 Å². The molecule has 23 heavy (non-hydrogen) atoms. The lowest BCUT2D eigenvalue weighted by Gasteiger charge is -2.12. The maximum absolute atomic E-state index is 12.5. The Bertz CT molecular complexity index is 806. The molecule has 0 radical (unpaired) electrons. The zero-order chi connectivity index (χ0) is 16.4. The Morgan fingerprint density at radius 2 is 1.87 bits per heavy atom. The van der Waals surface area contributed by atoms with Gasteiger partial charge in [0.05, 0.1) is 22.7 Å². The molecule has 0 unspecified atom stereocenters. The number of hydrogen-bond donors (Lipinski definition) is 1. The van der Waals surface area contributed by atoms with Gasteiger partial charge in [-0.25, -0.2) is 13.1 Å². The van der Waals surface area contributed by atoms with Crippen molar-refractivity contribution in [2.45, 2.75) is 30.9 Å². The molecule has 1 aromatic heterocycles. The second-order valence-corrected chi connectivity index (χ2v) is 7.74. The number of aryl methyl sites for hydroxylation is 1. The summed E-state index contributed by atoms with van der Waals surface area (Å²) in [5.74, 6) is -0.621. The monoisotopic (exact) mass is 333 g/mol. The van der Waals surface area contributed by atoms with Crippen LogP contribution in [0.4, 0.5) is 0 Å². The summed E-state index contributed by atoms with van der Waals surface area (Å²) in [5.41, 5.74) is 1.68. The van der Waals surface area contributed by atoms with Gasteiger partial charge in [0.1, 0.15) is 0 Å². The number of aromatic nitrogens is 2. The maximum atomic E-state index is 12.5. The number of rotatable bonds is 4. The molecule has 1 aliphatic rings. The Hall–Kier alpha value is -2.15. The third-order valence-corrected chi connectivity index (χ3v) is 6.03. The second kappa shape index (κ2) is 6.16. The first kappa shape index (κ1) is 15.7. The summed E-state index contributed by atoms with van der Waals surface area (Å²) >= 11 is 0. The van der Waals surface area contributed by atoms with Crippen LogP contribution in [0.5, 0.6) is 0 Å². The molecule has 0 spiro atoms. The van der Waals surface area contributed by atoms with Crippen LogP contribution in [0.2, 0.25) is 0 Å². The largest absolute Gasteiger partial charge is 0.268 e. The van der Waals surface area contributed by atoms with Gasteiger partial charge in [-0.2, -0.15) is 5.10 Å². The SMILES string of the molecule is Cn1ncc(C(=O)NS(=O)(=O)C2CCCC2)c1-c1ccccc1. The van der Waals surface area contributed by atoms with Crippen molar-refractivity contribution in [3.8, 4) is 11.3 Å². The van der Waals surface area contributed by atoms with Crippen molar-refractivity contribution < 1.29 is 13.2 Å².